The van der Waals surface area contributed by atoms with Crippen molar-refractivity contribution in [1.82, 2.24) is 25.3 Å². The number of rotatable bonds is 7. The lowest BCUT2D eigenvalue weighted by atomic mass is 9.90. The highest BCUT2D eigenvalue weighted by atomic mass is 15.3. The molecular weight excluding hydrogens is 446 g/mol. The maximum absolute atomic E-state index is 6.46. The van der Waals surface area contributed by atoms with Gasteiger partial charge in [0.25, 0.3) is 0 Å². The molecule has 36 heavy (non-hydrogen) atoms. The first-order valence-electron chi connectivity index (χ1n) is 14.3. The zero-order chi connectivity index (χ0) is 24.9. The van der Waals surface area contributed by atoms with Gasteiger partial charge in [-0.3, -0.25) is 4.90 Å². The minimum Gasteiger partial charge on any atom is -0.398 e. The molecule has 5 rings (SSSR count). The van der Waals surface area contributed by atoms with Crippen LogP contribution in [-0.4, -0.2) is 85.7 Å². The van der Waals surface area contributed by atoms with Gasteiger partial charge in [-0.15, -0.1) is 0 Å². The summed E-state index contributed by atoms with van der Waals surface area (Å²) in [5, 5.41) is 6.95. The minimum atomic E-state index is 0.427. The van der Waals surface area contributed by atoms with Crippen LogP contribution < -0.4 is 22.1 Å². The first kappa shape index (κ1) is 25.4. The third-order valence-electron chi connectivity index (χ3n) is 8.99. The summed E-state index contributed by atoms with van der Waals surface area (Å²) >= 11 is 0. The Labute approximate surface area is 217 Å². The standard InChI is InChI=1S/C29H47N7/c1-22-20-34(14-5-6-23-9-12-32-13-10-23)15-11-27(22)35-16-17-36-25(21-35)19-33-29(31)28(36)18-26(30)24-7-3-2-4-8-24/h2-4,7-8,18,22-23,25,27,32-33H,5-6,9-17,19-21,30-31H2,1H3/b26-18-. The van der Waals surface area contributed by atoms with Gasteiger partial charge in [0.05, 0.1) is 11.7 Å². The molecule has 7 heteroatoms. The Morgan fingerprint density at radius 1 is 1.06 bits per heavy atom. The quantitative estimate of drug-likeness (QED) is 0.463. The van der Waals surface area contributed by atoms with Gasteiger partial charge in [0.1, 0.15) is 5.82 Å². The maximum Gasteiger partial charge on any atom is 0.120 e. The largest absolute Gasteiger partial charge is 0.398 e. The lowest BCUT2D eigenvalue weighted by molar-refractivity contribution is 0.0117. The molecule has 6 N–H and O–H groups in total. The van der Waals surface area contributed by atoms with Crippen LogP contribution in [0.1, 0.15) is 44.6 Å². The van der Waals surface area contributed by atoms with E-state index in [1.165, 1.54) is 64.8 Å². The van der Waals surface area contributed by atoms with Gasteiger partial charge in [-0.2, -0.15) is 0 Å². The topological polar surface area (TPSA) is 85.8 Å². The second-order valence-corrected chi connectivity index (χ2v) is 11.5. The van der Waals surface area contributed by atoms with E-state index in [1.54, 1.807) is 0 Å². The van der Waals surface area contributed by atoms with Gasteiger partial charge in [-0.25, -0.2) is 0 Å². The zero-order valence-corrected chi connectivity index (χ0v) is 22.2. The third-order valence-corrected chi connectivity index (χ3v) is 8.99. The van der Waals surface area contributed by atoms with Gasteiger partial charge in [-0.1, -0.05) is 37.3 Å². The molecule has 0 aliphatic carbocycles. The number of fused-ring (bicyclic) bond motifs is 1. The number of likely N-dealkylation sites (tertiary alicyclic amines) is 1. The Kier molecular flexibility index (Phi) is 8.40. The molecule has 4 aliphatic heterocycles. The van der Waals surface area contributed by atoms with E-state index in [-0.39, 0.29) is 0 Å². The summed E-state index contributed by atoms with van der Waals surface area (Å²) in [5.74, 6) is 2.41. The van der Waals surface area contributed by atoms with Crippen LogP contribution in [-0.2, 0) is 0 Å². The number of hydrogen-bond donors (Lipinski definition) is 4. The molecule has 0 aromatic heterocycles. The van der Waals surface area contributed by atoms with E-state index in [9.17, 15) is 0 Å². The van der Waals surface area contributed by atoms with Gasteiger partial charge in [0.15, 0.2) is 0 Å². The first-order valence-corrected chi connectivity index (χ1v) is 14.3. The second-order valence-electron chi connectivity index (χ2n) is 11.5. The molecule has 3 saturated heterocycles. The summed E-state index contributed by atoms with van der Waals surface area (Å²) in [4.78, 5) is 7.99. The highest BCUT2D eigenvalue weighted by Crippen LogP contribution is 2.29. The average molecular weight is 494 g/mol. The molecule has 0 radical (unpaired) electrons. The molecular formula is C29H47N7. The van der Waals surface area contributed by atoms with Gasteiger partial charge < -0.3 is 31.9 Å². The molecule has 1 aromatic rings. The molecule has 3 atom stereocenters. The summed E-state index contributed by atoms with van der Waals surface area (Å²) in [6, 6.07) is 11.3. The van der Waals surface area contributed by atoms with E-state index in [2.05, 4.69) is 50.5 Å². The molecule has 7 nitrogen and oxygen atoms in total. The first-order chi connectivity index (χ1) is 17.6. The monoisotopic (exact) mass is 493 g/mol. The normalized spacial score (nSPS) is 29.2. The van der Waals surface area contributed by atoms with Crippen molar-refractivity contribution in [2.75, 3.05) is 58.9 Å². The van der Waals surface area contributed by atoms with E-state index >= 15 is 0 Å². The Balaban J connectivity index is 1.13. The van der Waals surface area contributed by atoms with Crippen LogP contribution in [0.3, 0.4) is 0 Å². The number of allylic oxidation sites excluding steroid dienone is 1. The lowest BCUT2D eigenvalue weighted by Gasteiger charge is -2.51. The van der Waals surface area contributed by atoms with Gasteiger partial charge in [-0.05, 0) is 81.8 Å². The Hall–Kier alpha value is -2.22. The third kappa shape index (κ3) is 6.01. The fourth-order valence-corrected chi connectivity index (χ4v) is 6.91. The van der Waals surface area contributed by atoms with Crippen molar-refractivity contribution in [3.05, 3.63) is 53.5 Å². The van der Waals surface area contributed by atoms with Gasteiger partial charge in [0.2, 0.25) is 0 Å². The van der Waals surface area contributed by atoms with Crippen molar-refractivity contribution < 1.29 is 0 Å². The smallest absolute Gasteiger partial charge is 0.120 e. The van der Waals surface area contributed by atoms with E-state index in [1.807, 2.05) is 18.2 Å². The molecule has 4 aliphatic rings. The van der Waals surface area contributed by atoms with Crippen molar-refractivity contribution >= 4 is 5.70 Å². The summed E-state index contributed by atoms with van der Waals surface area (Å²) in [6.45, 7) is 12.8. The number of nitrogens with zero attached hydrogens (tertiary/aromatic N) is 3. The van der Waals surface area contributed by atoms with Crippen LogP contribution in [0.4, 0.5) is 0 Å². The second kappa shape index (κ2) is 11.9. The van der Waals surface area contributed by atoms with Crippen molar-refractivity contribution in [2.24, 2.45) is 23.3 Å². The molecule has 3 unspecified atom stereocenters. The van der Waals surface area contributed by atoms with E-state index < -0.39 is 0 Å². The summed E-state index contributed by atoms with van der Waals surface area (Å²) < 4.78 is 0. The number of hydrogen-bond acceptors (Lipinski definition) is 7. The highest BCUT2D eigenvalue weighted by Gasteiger charge is 2.37. The molecule has 1 aromatic carbocycles. The predicted molar refractivity (Wildman–Crippen MR) is 149 cm³/mol. The zero-order valence-electron chi connectivity index (χ0n) is 22.2. The van der Waals surface area contributed by atoms with E-state index in [4.69, 9.17) is 11.5 Å². The molecule has 0 amide bonds. The Bertz CT molecular complexity index is 907. The van der Waals surface area contributed by atoms with Crippen LogP contribution >= 0.6 is 0 Å². The fraction of sp³-hybridized carbons (Fsp3) is 0.655. The van der Waals surface area contributed by atoms with Crippen LogP contribution in [0, 0.1) is 11.8 Å². The van der Waals surface area contributed by atoms with Crippen LogP contribution in [0.2, 0.25) is 0 Å². The molecule has 0 spiro atoms. The molecule has 0 bridgehead atoms. The molecule has 3 fully saturated rings. The predicted octanol–water partition coefficient (Wildman–Crippen LogP) is 2.19. The van der Waals surface area contributed by atoms with Gasteiger partial charge in [0, 0.05) is 44.5 Å². The molecule has 198 valence electrons. The lowest BCUT2D eigenvalue weighted by Crippen LogP contribution is -2.63. The number of piperazine rings is 1. The number of benzene rings is 1. The number of piperidine rings is 2. The Morgan fingerprint density at radius 2 is 1.86 bits per heavy atom. The number of nitrogens with one attached hydrogen (secondary N) is 2. The average Bonchev–Trinajstić information content (AvgIpc) is 2.91. The minimum absolute atomic E-state index is 0.427. The summed E-state index contributed by atoms with van der Waals surface area (Å²) in [7, 11) is 0. The van der Waals surface area contributed by atoms with Gasteiger partial charge >= 0.3 is 0 Å². The summed E-state index contributed by atoms with van der Waals surface area (Å²) in [6.07, 6.45) is 8.87. The Morgan fingerprint density at radius 3 is 2.64 bits per heavy atom. The van der Waals surface area contributed by atoms with E-state index in [0.717, 1.165) is 60.8 Å². The SMILES string of the molecule is CC1CN(CCCC2CCNCC2)CCC1N1CCN2C(/C=C(\N)c3ccccc3)=C(N)NCC2C1. The van der Waals surface area contributed by atoms with Crippen molar-refractivity contribution in [1.29, 1.82) is 0 Å². The van der Waals surface area contributed by atoms with Crippen LogP contribution in [0.15, 0.2) is 47.9 Å². The maximum atomic E-state index is 6.46. The van der Waals surface area contributed by atoms with Crippen LogP contribution in [0.25, 0.3) is 5.70 Å². The van der Waals surface area contributed by atoms with Crippen LogP contribution in [0.5, 0.6) is 0 Å². The molecule has 0 saturated carbocycles. The fourth-order valence-electron chi connectivity index (χ4n) is 6.91. The van der Waals surface area contributed by atoms with Crippen molar-refractivity contribution in [3.63, 3.8) is 0 Å². The summed E-state index contributed by atoms with van der Waals surface area (Å²) in [5.41, 5.74) is 15.7. The highest BCUT2D eigenvalue weighted by molar-refractivity contribution is 5.65. The van der Waals surface area contributed by atoms with Crippen molar-refractivity contribution in [3.8, 4) is 0 Å². The van der Waals surface area contributed by atoms with E-state index in [0.29, 0.717) is 12.1 Å². The number of nitrogens with two attached hydrogens (primary N) is 2. The molecule has 4 heterocycles. The van der Waals surface area contributed by atoms with Crippen molar-refractivity contribution in [2.45, 2.75) is 51.1 Å².